The summed E-state index contributed by atoms with van der Waals surface area (Å²) < 4.78 is 4.46. The number of aromatic nitrogens is 2. The first-order valence-electron chi connectivity index (χ1n) is 7.80. The Labute approximate surface area is 148 Å². The van der Waals surface area contributed by atoms with Gasteiger partial charge in [0.15, 0.2) is 0 Å². The van der Waals surface area contributed by atoms with Crippen LogP contribution < -0.4 is 5.32 Å². The summed E-state index contributed by atoms with van der Waals surface area (Å²) in [5, 5.41) is 3.62. The second-order valence-electron chi connectivity index (χ2n) is 5.95. The third kappa shape index (κ3) is 3.39. The van der Waals surface area contributed by atoms with Gasteiger partial charge in [0.25, 0.3) is 0 Å². The maximum atomic E-state index is 12.0. The summed E-state index contributed by atoms with van der Waals surface area (Å²) in [6, 6.07) is 0. The van der Waals surface area contributed by atoms with Gasteiger partial charge >= 0.3 is 6.09 Å². The van der Waals surface area contributed by atoms with Gasteiger partial charge in [-0.05, 0) is 37.7 Å². The molecule has 0 radical (unpaired) electrons. The van der Waals surface area contributed by atoms with E-state index in [4.69, 9.17) is 0 Å². The molecule has 0 spiro atoms. The molecule has 2 aromatic heterocycles. The lowest BCUT2D eigenvalue weighted by Crippen LogP contribution is -2.35. The minimum atomic E-state index is -0.748. The minimum absolute atomic E-state index is 0.392. The van der Waals surface area contributed by atoms with Gasteiger partial charge in [-0.25, -0.2) is 14.8 Å². The van der Waals surface area contributed by atoms with Crippen LogP contribution in [0.15, 0.2) is 11.4 Å². The number of hydrogen-bond acceptors (Lipinski definition) is 7. The number of methoxy groups -OCH3 is 1. The molecule has 1 N–H and O–H groups in total. The van der Waals surface area contributed by atoms with Crippen LogP contribution in [-0.4, -0.2) is 34.3 Å². The summed E-state index contributed by atoms with van der Waals surface area (Å²) in [6.07, 6.45) is 4.07. The molecular weight excluding hydrogens is 346 g/mol. The van der Waals surface area contributed by atoms with Crippen molar-refractivity contribution in [1.29, 1.82) is 0 Å². The molecule has 3 rings (SSSR count). The molecule has 0 fully saturated rings. The molecule has 128 valence electrons. The molecule has 2 atom stereocenters. The SMILES string of the molecule is COC(=O)NC(=O)[C@H](C)Sc1ncnc2sc3c(c12)CC[C@H](C)C3. The molecule has 2 heterocycles. The second-order valence-corrected chi connectivity index (χ2v) is 8.36. The Bertz CT molecular complexity index is 790. The number of thiophene rings is 1. The molecule has 6 nitrogen and oxygen atoms in total. The van der Waals surface area contributed by atoms with Crippen LogP contribution in [0.25, 0.3) is 10.2 Å². The van der Waals surface area contributed by atoms with E-state index in [1.54, 1.807) is 24.6 Å². The van der Waals surface area contributed by atoms with Crippen molar-refractivity contribution in [2.45, 2.75) is 43.4 Å². The highest BCUT2D eigenvalue weighted by Gasteiger charge is 2.25. The number of fused-ring (bicyclic) bond motifs is 3. The van der Waals surface area contributed by atoms with Crippen LogP contribution in [0.3, 0.4) is 0 Å². The summed E-state index contributed by atoms with van der Waals surface area (Å²) in [4.78, 5) is 34.4. The van der Waals surface area contributed by atoms with Crippen molar-refractivity contribution in [1.82, 2.24) is 15.3 Å². The predicted octanol–water partition coefficient (Wildman–Crippen LogP) is 3.18. The molecule has 0 unspecified atom stereocenters. The number of rotatable bonds is 3. The van der Waals surface area contributed by atoms with Gasteiger partial charge in [-0.2, -0.15) is 0 Å². The molecule has 8 heteroatoms. The number of thioether (sulfide) groups is 1. The van der Waals surface area contributed by atoms with E-state index < -0.39 is 17.3 Å². The summed E-state index contributed by atoms with van der Waals surface area (Å²) in [5.41, 5.74) is 1.33. The van der Waals surface area contributed by atoms with Gasteiger partial charge in [0.1, 0.15) is 16.2 Å². The second kappa shape index (κ2) is 7.06. The maximum absolute atomic E-state index is 12.0. The number of aryl methyl sites for hydroxylation is 1. The lowest BCUT2D eigenvalue weighted by molar-refractivity contribution is -0.119. The largest absolute Gasteiger partial charge is 0.453 e. The van der Waals surface area contributed by atoms with Crippen LogP contribution in [-0.2, 0) is 22.4 Å². The van der Waals surface area contributed by atoms with Crippen LogP contribution >= 0.6 is 23.1 Å². The first kappa shape index (κ1) is 17.2. The maximum Gasteiger partial charge on any atom is 0.413 e. The highest BCUT2D eigenvalue weighted by atomic mass is 32.2. The van der Waals surface area contributed by atoms with E-state index >= 15 is 0 Å². The number of alkyl carbamates (subject to hydrolysis) is 1. The number of nitrogens with zero attached hydrogens (tertiary/aromatic N) is 2. The van der Waals surface area contributed by atoms with Gasteiger partial charge in [0.2, 0.25) is 5.91 Å². The number of imide groups is 1. The first-order chi connectivity index (χ1) is 11.5. The molecule has 1 aliphatic rings. The van der Waals surface area contributed by atoms with Gasteiger partial charge < -0.3 is 4.74 Å². The standard InChI is InChI=1S/C16H19N3O3S2/c1-8-4-5-10-11(6-8)24-15-12(10)14(17-7-18-15)23-9(2)13(20)19-16(21)22-3/h7-9H,4-6H2,1-3H3,(H,19,20,21)/t8-,9-/m0/s1. The van der Waals surface area contributed by atoms with E-state index in [1.807, 2.05) is 0 Å². The van der Waals surface area contributed by atoms with Crippen LogP contribution in [0.5, 0.6) is 0 Å². The zero-order chi connectivity index (χ0) is 17.3. The highest BCUT2D eigenvalue weighted by Crippen LogP contribution is 2.41. The zero-order valence-corrected chi connectivity index (χ0v) is 15.4. The number of ether oxygens (including phenoxy) is 1. The Morgan fingerprint density at radius 2 is 2.25 bits per heavy atom. The van der Waals surface area contributed by atoms with E-state index in [9.17, 15) is 9.59 Å². The fourth-order valence-electron chi connectivity index (χ4n) is 2.81. The smallest absolute Gasteiger partial charge is 0.413 e. The average molecular weight is 365 g/mol. The normalized spacial score (nSPS) is 18.0. The molecule has 1 aliphatic carbocycles. The van der Waals surface area contributed by atoms with Crippen LogP contribution in [0.2, 0.25) is 0 Å². The van der Waals surface area contributed by atoms with E-state index in [2.05, 4.69) is 26.9 Å². The number of amides is 2. The summed E-state index contributed by atoms with van der Waals surface area (Å²) in [5.74, 6) is 0.302. The lowest BCUT2D eigenvalue weighted by Gasteiger charge is -2.18. The Kier molecular flexibility index (Phi) is 5.05. The van der Waals surface area contributed by atoms with Crippen molar-refractivity contribution < 1.29 is 14.3 Å². The van der Waals surface area contributed by atoms with Crippen molar-refractivity contribution in [2.75, 3.05) is 7.11 Å². The Balaban J connectivity index is 1.87. The zero-order valence-electron chi connectivity index (χ0n) is 13.8. The van der Waals surface area contributed by atoms with Crippen molar-refractivity contribution in [2.24, 2.45) is 5.92 Å². The van der Waals surface area contributed by atoms with Crippen molar-refractivity contribution in [3.63, 3.8) is 0 Å². The topological polar surface area (TPSA) is 81.2 Å². The summed E-state index contributed by atoms with van der Waals surface area (Å²) in [6.45, 7) is 4.02. The van der Waals surface area contributed by atoms with Crippen LogP contribution in [0.1, 0.15) is 30.7 Å². The monoisotopic (exact) mass is 365 g/mol. The van der Waals surface area contributed by atoms with Gasteiger partial charge in [-0.15, -0.1) is 11.3 Å². The fraction of sp³-hybridized carbons (Fsp3) is 0.500. The molecule has 0 aromatic carbocycles. The first-order valence-corrected chi connectivity index (χ1v) is 9.50. The third-order valence-electron chi connectivity index (χ3n) is 4.13. The molecule has 24 heavy (non-hydrogen) atoms. The minimum Gasteiger partial charge on any atom is -0.453 e. The number of nitrogens with one attached hydrogen (secondary N) is 1. The predicted molar refractivity (Wildman–Crippen MR) is 94.5 cm³/mol. The number of carbonyl (C=O) groups excluding carboxylic acids is 2. The van der Waals surface area contributed by atoms with E-state index in [0.29, 0.717) is 5.92 Å². The Morgan fingerprint density at radius 1 is 1.46 bits per heavy atom. The molecule has 0 saturated heterocycles. The van der Waals surface area contributed by atoms with E-state index in [1.165, 1.54) is 29.3 Å². The van der Waals surface area contributed by atoms with E-state index in [-0.39, 0.29) is 0 Å². The van der Waals surface area contributed by atoms with Crippen molar-refractivity contribution in [3.8, 4) is 0 Å². The fourth-order valence-corrected chi connectivity index (χ4v) is 5.17. The Hall–Kier alpha value is -1.67. The Morgan fingerprint density at radius 3 is 3.00 bits per heavy atom. The average Bonchev–Trinajstić information content (AvgIpc) is 2.92. The van der Waals surface area contributed by atoms with Crippen LogP contribution in [0, 0.1) is 5.92 Å². The van der Waals surface area contributed by atoms with Gasteiger partial charge in [0, 0.05) is 10.3 Å². The van der Waals surface area contributed by atoms with Gasteiger partial charge in [0.05, 0.1) is 12.4 Å². The van der Waals surface area contributed by atoms with Crippen LogP contribution in [0.4, 0.5) is 4.79 Å². The number of hydrogen-bond donors (Lipinski definition) is 1. The summed E-state index contributed by atoms with van der Waals surface area (Å²) >= 11 is 3.08. The van der Waals surface area contributed by atoms with E-state index in [0.717, 1.165) is 34.5 Å². The molecule has 0 saturated carbocycles. The number of carbonyl (C=O) groups is 2. The molecular formula is C16H19N3O3S2. The van der Waals surface area contributed by atoms with Gasteiger partial charge in [-0.3, -0.25) is 10.1 Å². The molecule has 2 amide bonds. The highest BCUT2D eigenvalue weighted by molar-refractivity contribution is 8.00. The van der Waals surface area contributed by atoms with Crippen molar-refractivity contribution in [3.05, 3.63) is 16.8 Å². The molecule has 0 aliphatic heterocycles. The quantitative estimate of drug-likeness (QED) is 0.665. The van der Waals surface area contributed by atoms with Gasteiger partial charge in [-0.1, -0.05) is 18.7 Å². The summed E-state index contributed by atoms with van der Waals surface area (Å²) in [7, 11) is 1.23. The molecule has 0 bridgehead atoms. The molecule has 2 aromatic rings. The van der Waals surface area contributed by atoms with Crippen molar-refractivity contribution >= 4 is 45.3 Å². The lowest BCUT2D eigenvalue weighted by atomic mass is 9.89. The third-order valence-corrected chi connectivity index (χ3v) is 6.39.